The van der Waals surface area contributed by atoms with Crippen LogP contribution in [-0.2, 0) is 9.59 Å². The first kappa shape index (κ1) is 25.3. The van der Waals surface area contributed by atoms with Crippen LogP contribution < -0.4 is 10.1 Å². The summed E-state index contributed by atoms with van der Waals surface area (Å²) in [6.07, 6.45) is 1.86. The van der Waals surface area contributed by atoms with Gasteiger partial charge < -0.3 is 10.1 Å². The van der Waals surface area contributed by atoms with Crippen LogP contribution in [0.15, 0.2) is 88.8 Å². The van der Waals surface area contributed by atoms with Gasteiger partial charge in [-0.1, -0.05) is 61.9 Å². The number of nitrogens with one attached hydrogen (secondary N) is 1. The highest BCUT2D eigenvalue weighted by Crippen LogP contribution is 2.35. The number of carbonyl (C=O) groups is 2. The van der Waals surface area contributed by atoms with Gasteiger partial charge in [0.15, 0.2) is 11.8 Å². The van der Waals surface area contributed by atoms with Crippen molar-refractivity contribution in [3.8, 4) is 5.75 Å². The first-order valence-corrected chi connectivity index (χ1v) is 12.6. The quantitative estimate of drug-likeness (QED) is 0.371. The third kappa shape index (κ3) is 6.86. The van der Waals surface area contributed by atoms with E-state index in [2.05, 4.69) is 19.2 Å². The Balaban J connectivity index is 1.43. The number of anilines is 1. The largest absolute Gasteiger partial charge is 0.484 e. The third-order valence-electron chi connectivity index (χ3n) is 5.30. The molecule has 0 saturated carbocycles. The number of ether oxygens (including phenoxy) is 1. The van der Waals surface area contributed by atoms with Crippen LogP contribution in [0.25, 0.3) is 6.08 Å². The molecule has 4 rings (SSSR count). The summed E-state index contributed by atoms with van der Waals surface area (Å²) in [7, 11) is 0. The van der Waals surface area contributed by atoms with Crippen molar-refractivity contribution in [2.45, 2.75) is 20.8 Å². The van der Waals surface area contributed by atoms with Gasteiger partial charge in [-0.15, -0.1) is 0 Å². The molecule has 0 radical (unpaired) electrons. The minimum absolute atomic E-state index is 0.0440. The van der Waals surface area contributed by atoms with Gasteiger partial charge in [-0.3, -0.25) is 14.5 Å². The number of para-hydroxylation sites is 1. The number of benzene rings is 3. The molecule has 3 aromatic rings. The van der Waals surface area contributed by atoms with E-state index in [0.717, 1.165) is 22.5 Å². The van der Waals surface area contributed by atoms with E-state index in [1.807, 2.05) is 79.7 Å². The van der Waals surface area contributed by atoms with Crippen LogP contribution >= 0.6 is 11.8 Å². The highest BCUT2D eigenvalue weighted by molar-refractivity contribution is 8.18. The van der Waals surface area contributed by atoms with Crippen molar-refractivity contribution in [3.05, 3.63) is 94.9 Å². The summed E-state index contributed by atoms with van der Waals surface area (Å²) in [6.45, 7) is 6.72. The van der Waals surface area contributed by atoms with E-state index in [1.54, 1.807) is 17.0 Å². The summed E-state index contributed by atoms with van der Waals surface area (Å²) in [6, 6.07) is 24.5. The van der Waals surface area contributed by atoms with Crippen molar-refractivity contribution < 1.29 is 14.3 Å². The molecule has 1 fully saturated rings. The number of thioether (sulfide) groups is 1. The second-order valence-electron chi connectivity index (χ2n) is 8.92. The zero-order chi connectivity index (χ0) is 25.5. The Kier molecular flexibility index (Phi) is 8.23. The van der Waals surface area contributed by atoms with Crippen molar-refractivity contribution in [1.82, 2.24) is 4.90 Å². The Labute approximate surface area is 216 Å². The number of carbonyl (C=O) groups excluding carboxylic acids is 2. The SMILES string of the molecule is Cc1ccc(N=C2S/C(=C/c3ccc(OCC(=O)Nc4ccccc4)cc3)C(=O)N2CC(C)C)cc1. The molecule has 1 saturated heterocycles. The molecule has 0 spiro atoms. The Morgan fingerprint density at radius 3 is 2.39 bits per heavy atom. The van der Waals surface area contributed by atoms with Crippen LogP contribution in [0, 0.1) is 12.8 Å². The van der Waals surface area contributed by atoms with Gasteiger partial charge in [-0.2, -0.15) is 0 Å². The van der Waals surface area contributed by atoms with Gasteiger partial charge in [0.2, 0.25) is 0 Å². The van der Waals surface area contributed by atoms with Crippen molar-refractivity contribution in [2.24, 2.45) is 10.9 Å². The second-order valence-corrected chi connectivity index (χ2v) is 9.93. The van der Waals surface area contributed by atoms with Crippen LogP contribution in [0.3, 0.4) is 0 Å². The van der Waals surface area contributed by atoms with Gasteiger partial charge >= 0.3 is 0 Å². The number of aryl methyl sites for hydroxylation is 1. The number of amides is 2. The summed E-state index contributed by atoms with van der Waals surface area (Å²) in [5.41, 5.74) is 3.58. The Hall–Kier alpha value is -3.84. The third-order valence-corrected chi connectivity index (χ3v) is 6.31. The lowest BCUT2D eigenvalue weighted by molar-refractivity contribution is -0.122. The first-order chi connectivity index (χ1) is 17.4. The first-order valence-electron chi connectivity index (χ1n) is 11.8. The molecule has 6 nitrogen and oxygen atoms in total. The monoisotopic (exact) mass is 499 g/mol. The van der Waals surface area contributed by atoms with E-state index >= 15 is 0 Å². The van der Waals surface area contributed by atoms with Crippen molar-refractivity contribution >= 4 is 46.2 Å². The lowest BCUT2D eigenvalue weighted by atomic mass is 10.2. The van der Waals surface area contributed by atoms with Gasteiger partial charge in [-0.25, -0.2) is 4.99 Å². The van der Waals surface area contributed by atoms with Crippen LogP contribution in [0.1, 0.15) is 25.0 Å². The molecule has 1 N–H and O–H groups in total. The molecule has 184 valence electrons. The zero-order valence-electron chi connectivity index (χ0n) is 20.6. The van der Waals surface area contributed by atoms with E-state index in [1.165, 1.54) is 11.8 Å². The smallest absolute Gasteiger partial charge is 0.266 e. The number of rotatable bonds is 8. The Morgan fingerprint density at radius 2 is 1.72 bits per heavy atom. The molecule has 0 bridgehead atoms. The average Bonchev–Trinajstić information content (AvgIpc) is 3.14. The van der Waals surface area contributed by atoms with Gasteiger partial charge in [0.05, 0.1) is 10.6 Å². The normalized spacial score (nSPS) is 15.7. The number of hydrogen-bond donors (Lipinski definition) is 1. The van der Waals surface area contributed by atoms with E-state index in [0.29, 0.717) is 28.3 Å². The molecule has 0 atom stereocenters. The minimum Gasteiger partial charge on any atom is -0.484 e. The van der Waals surface area contributed by atoms with E-state index in [4.69, 9.17) is 9.73 Å². The maximum absolute atomic E-state index is 13.2. The fourth-order valence-corrected chi connectivity index (χ4v) is 4.53. The number of hydrogen-bond acceptors (Lipinski definition) is 5. The van der Waals surface area contributed by atoms with Gasteiger partial charge in [-0.05, 0) is 72.6 Å². The second kappa shape index (κ2) is 11.7. The standard InChI is InChI=1S/C29H29N3O3S/c1-20(2)18-32-28(34)26(36-29(32)31-24-13-9-21(3)10-14-24)17-22-11-15-25(16-12-22)35-19-27(33)30-23-7-5-4-6-8-23/h4-17,20H,18-19H2,1-3H3,(H,30,33)/b26-17+,31-29?. The molecule has 7 heteroatoms. The fraction of sp³-hybridized carbons (Fsp3) is 0.207. The summed E-state index contributed by atoms with van der Waals surface area (Å²) < 4.78 is 5.61. The molecule has 2 amide bonds. The topological polar surface area (TPSA) is 71.0 Å². The van der Waals surface area contributed by atoms with Crippen LogP contribution in [0.2, 0.25) is 0 Å². The summed E-state index contributed by atoms with van der Waals surface area (Å²) in [5.74, 6) is 0.616. The zero-order valence-corrected chi connectivity index (χ0v) is 21.4. The summed E-state index contributed by atoms with van der Waals surface area (Å²) in [5, 5.41) is 3.48. The van der Waals surface area contributed by atoms with Crippen molar-refractivity contribution in [2.75, 3.05) is 18.5 Å². The maximum Gasteiger partial charge on any atom is 0.266 e. The Bertz CT molecular complexity index is 1270. The average molecular weight is 500 g/mol. The molecular formula is C29H29N3O3S. The number of nitrogens with zero attached hydrogens (tertiary/aromatic N) is 2. The molecule has 1 aliphatic rings. The minimum atomic E-state index is -0.231. The molecule has 0 unspecified atom stereocenters. The van der Waals surface area contributed by atoms with E-state index in [9.17, 15) is 9.59 Å². The van der Waals surface area contributed by atoms with Crippen molar-refractivity contribution in [1.29, 1.82) is 0 Å². The lowest BCUT2D eigenvalue weighted by Crippen LogP contribution is -2.32. The lowest BCUT2D eigenvalue weighted by Gasteiger charge is -2.17. The fourth-order valence-electron chi connectivity index (χ4n) is 3.53. The molecule has 0 aliphatic carbocycles. The number of amidine groups is 1. The molecule has 1 aliphatic heterocycles. The van der Waals surface area contributed by atoms with Crippen LogP contribution in [-0.4, -0.2) is 35.0 Å². The van der Waals surface area contributed by atoms with Crippen molar-refractivity contribution in [3.63, 3.8) is 0 Å². The van der Waals surface area contributed by atoms with E-state index < -0.39 is 0 Å². The van der Waals surface area contributed by atoms with Crippen LogP contribution in [0.4, 0.5) is 11.4 Å². The molecule has 0 aromatic heterocycles. The number of aliphatic imine (C=N–C) groups is 1. The predicted molar refractivity (Wildman–Crippen MR) is 147 cm³/mol. The molecule has 1 heterocycles. The predicted octanol–water partition coefficient (Wildman–Crippen LogP) is 6.27. The Morgan fingerprint density at radius 1 is 1.03 bits per heavy atom. The van der Waals surface area contributed by atoms with Gasteiger partial charge in [0, 0.05) is 12.2 Å². The highest BCUT2D eigenvalue weighted by Gasteiger charge is 2.33. The van der Waals surface area contributed by atoms with Gasteiger partial charge in [0.1, 0.15) is 5.75 Å². The van der Waals surface area contributed by atoms with Gasteiger partial charge in [0.25, 0.3) is 11.8 Å². The maximum atomic E-state index is 13.2. The van der Waals surface area contributed by atoms with E-state index in [-0.39, 0.29) is 18.4 Å². The summed E-state index contributed by atoms with van der Waals surface area (Å²) in [4.78, 5) is 32.4. The molecular weight excluding hydrogens is 470 g/mol. The summed E-state index contributed by atoms with van der Waals surface area (Å²) >= 11 is 1.39. The van der Waals surface area contributed by atoms with Crippen LogP contribution in [0.5, 0.6) is 5.75 Å². The molecule has 36 heavy (non-hydrogen) atoms. The molecule has 3 aromatic carbocycles. The highest BCUT2D eigenvalue weighted by atomic mass is 32.2.